The lowest BCUT2D eigenvalue weighted by Gasteiger charge is -2.47. The molecule has 1 aromatic rings. The van der Waals surface area contributed by atoms with Crippen molar-refractivity contribution in [2.45, 2.75) is 57.4 Å². The number of hydrogen-bond acceptors (Lipinski definition) is 3. The lowest BCUT2D eigenvalue weighted by Crippen LogP contribution is -2.52. The van der Waals surface area contributed by atoms with Gasteiger partial charge in [0.2, 0.25) is 0 Å². The van der Waals surface area contributed by atoms with Gasteiger partial charge in [0.15, 0.2) is 0 Å². The second kappa shape index (κ2) is 7.74. The second-order valence-corrected chi connectivity index (χ2v) is 8.75. The van der Waals surface area contributed by atoms with Crippen LogP contribution in [0.3, 0.4) is 0 Å². The first kappa shape index (κ1) is 18.1. The Balaban J connectivity index is 1.36. The van der Waals surface area contributed by atoms with Crippen LogP contribution >= 0.6 is 0 Å². The molecule has 2 heterocycles. The molecule has 4 rings (SSSR count). The van der Waals surface area contributed by atoms with E-state index in [4.69, 9.17) is 0 Å². The minimum atomic E-state index is 0.0527. The van der Waals surface area contributed by atoms with Crippen molar-refractivity contribution in [1.82, 2.24) is 4.90 Å². The first-order valence-electron chi connectivity index (χ1n) is 10.6. The zero-order valence-corrected chi connectivity index (χ0v) is 16.1. The van der Waals surface area contributed by atoms with Gasteiger partial charge in [-0.3, -0.25) is 4.90 Å². The maximum absolute atomic E-state index is 9.97. The molecule has 0 amide bonds. The normalized spacial score (nSPS) is 27.5. The van der Waals surface area contributed by atoms with Gasteiger partial charge in [0.25, 0.3) is 0 Å². The number of fused-ring (bicyclic) bond motifs is 1. The number of anilines is 1. The van der Waals surface area contributed by atoms with Crippen LogP contribution in [0.5, 0.6) is 0 Å². The number of aliphatic hydroxyl groups is 1. The highest BCUT2D eigenvalue weighted by Gasteiger charge is 2.37. The average molecular weight is 355 g/mol. The van der Waals surface area contributed by atoms with E-state index in [-0.39, 0.29) is 5.41 Å². The highest BCUT2D eigenvalue weighted by Crippen LogP contribution is 2.36. The van der Waals surface area contributed by atoms with Crippen LogP contribution in [0.4, 0.5) is 5.69 Å². The van der Waals surface area contributed by atoms with Gasteiger partial charge in [0, 0.05) is 36.8 Å². The molecular weight excluding hydrogens is 320 g/mol. The predicted octanol–water partition coefficient (Wildman–Crippen LogP) is 3.79. The molecular formula is C23H34N2O. The summed E-state index contributed by atoms with van der Waals surface area (Å²) in [5.74, 6) is 0. The molecule has 1 aromatic carbocycles. The molecule has 26 heavy (non-hydrogen) atoms. The number of benzene rings is 1. The Morgan fingerprint density at radius 3 is 2.69 bits per heavy atom. The summed E-state index contributed by atoms with van der Waals surface area (Å²) >= 11 is 0. The fourth-order valence-corrected chi connectivity index (χ4v) is 5.47. The summed E-state index contributed by atoms with van der Waals surface area (Å²) in [6.45, 7) is 8.77. The number of piperidine rings is 2. The Hall–Kier alpha value is -1.32. The maximum Gasteiger partial charge on any atom is 0.0502 e. The van der Waals surface area contributed by atoms with Gasteiger partial charge in [-0.2, -0.15) is 0 Å². The molecule has 3 heteroatoms. The van der Waals surface area contributed by atoms with E-state index in [9.17, 15) is 5.11 Å². The predicted molar refractivity (Wildman–Crippen MR) is 109 cm³/mol. The third kappa shape index (κ3) is 3.57. The van der Waals surface area contributed by atoms with E-state index >= 15 is 0 Å². The van der Waals surface area contributed by atoms with E-state index in [1.165, 1.54) is 50.8 Å². The maximum atomic E-state index is 9.97. The molecule has 0 bridgehead atoms. The van der Waals surface area contributed by atoms with E-state index in [1.807, 2.05) is 6.08 Å². The number of hydrogen-bond donors (Lipinski definition) is 1. The van der Waals surface area contributed by atoms with E-state index in [0.717, 1.165) is 32.5 Å². The Morgan fingerprint density at radius 2 is 1.92 bits per heavy atom. The van der Waals surface area contributed by atoms with Crippen LogP contribution in [0, 0.1) is 5.41 Å². The van der Waals surface area contributed by atoms with E-state index in [1.54, 1.807) is 11.1 Å². The van der Waals surface area contributed by atoms with Crippen molar-refractivity contribution in [3.63, 3.8) is 0 Å². The Kier molecular flexibility index (Phi) is 5.37. The molecule has 0 spiro atoms. The Labute approximate surface area is 158 Å². The molecule has 0 saturated carbocycles. The van der Waals surface area contributed by atoms with Gasteiger partial charge in [-0.25, -0.2) is 0 Å². The molecule has 2 saturated heterocycles. The number of nitrogens with zero attached hydrogens (tertiary/aromatic N) is 2. The summed E-state index contributed by atoms with van der Waals surface area (Å²) in [5, 5.41) is 9.97. The Bertz CT molecular complexity index is 635. The van der Waals surface area contributed by atoms with Crippen molar-refractivity contribution in [1.29, 1.82) is 0 Å². The number of likely N-dealkylation sites (tertiary alicyclic amines) is 1. The molecule has 0 aromatic heterocycles. The highest BCUT2D eigenvalue weighted by atomic mass is 16.3. The van der Waals surface area contributed by atoms with Crippen LogP contribution in [0.15, 0.2) is 30.9 Å². The third-order valence-corrected chi connectivity index (χ3v) is 7.03. The molecule has 1 atom stereocenters. The first-order valence-corrected chi connectivity index (χ1v) is 10.6. The lowest BCUT2D eigenvalue weighted by molar-refractivity contribution is 0.00901. The molecule has 1 unspecified atom stereocenters. The van der Waals surface area contributed by atoms with Crippen LogP contribution in [0.1, 0.15) is 49.7 Å². The van der Waals surface area contributed by atoms with E-state index in [2.05, 4.69) is 34.6 Å². The van der Waals surface area contributed by atoms with Crippen LogP contribution < -0.4 is 4.90 Å². The highest BCUT2D eigenvalue weighted by molar-refractivity contribution is 5.52. The van der Waals surface area contributed by atoms with Crippen molar-refractivity contribution in [3.05, 3.63) is 42.0 Å². The zero-order chi connectivity index (χ0) is 18.0. The summed E-state index contributed by atoms with van der Waals surface area (Å²) in [6, 6.07) is 7.83. The van der Waals surface area contributed by atoms with Crippen LogP contribution in [0.25, 0.3) is 0 Å². The van der Waals surface area contributed by atoms with Gasteiger partial charge in [-0.15, -0.1) is 6.58 Å². The van der Waals surface area contributed by atoms with Crippen LogP contribution in [-0.2, 0) is 12.8 Å². The Morgan fingerprint density at radius 1 is 1.12 bits per heavy atom. The molecule has 1 aliphatic carbocycles. The van der Waals surface area contributed by atoms with Crippen molar-refractivity contribution >= 4 is 5.69 Å². The SMILES string of the molecule is C=CCC1(CO)CCCN(C2CCN(c3ccc4c(c3)CCC4)CC2)C1. The number of aryl methyl sites for hydroxylation is 2. The number of aliphatic hydroxyl groups excluding tert-OH is 1. The van der Waals surface area contributed by atoms with E-state index in [0.29, 0.717) is 12.6 Å². The first-order chi connectivity index (χ1) is 12.7. The zero-order valence-electron chi connectivity index (χ0n) is 16.1. The molecule has 142 valence electrons. The number of allylic oxidation sites excluding steroid dienone is 1. The van der Waals surface area contributed by atoms with Gasteiger partial charge in [-0.1, -0.05) is 12.1 Å². The van der Waals surface area contributed by atoms with Gasteiger partial charge >= 0.3 is 0 Å². The fourth-order valence-electron chi connectivity index (χ4n) is 5.47. The summed E-state index contributed by atoms with van der Waals surface area (Å²) in [7, 11) is 0. The lowest BCUT2D eigenvalue weighted by atomic mass is 9.77. The summed E-state index contributed by atoms with van der Waals surface area (Å²) < 4.78 is 0. The monoisotopic (exact) mass is 354 g/mol. The summed E-state index contributed by atoms with van der Waals surface area (Å²) in [5.41, 5.74) is 4.63. The second-order valence-electron chi connectivity index (χ2n) is 8.75. The van der Waals surface area contributed by atoms with E-state index < -0.39 is 0 Å². The average Bonchev–Trinajstić information content (AvgIpc) is 3.16. The smallest absolute Gasteiger partial charge is 0.0502 e. The minimum absolute atomic E-state index is 0.0527. The topological polar surface area (TPSA) is 26.7 Å². The van der Waals surface area contributed by atoms with Gasteiger partial charge in [-0.05, 0) is 81.2 Å². The van der Waals surface area contributed by atoms with Crippen molar-refractivity contribution in [2.75, 3.05) is 37.7 Å². The van der Waals surface area contributed by atoms with Crippen molar-refractivity contribution in [3.8, 4) is 0 Å². The summed E-state index contributed by atoms with van der Waals surface area (Å²) in [4.78, 5) is 5.26. The van der Waals surface area contributed by atoms with Gasteiger partial charge in [0.1, 0.15) is 0 Å². The van der Waals surface area contributed by atoms with Crippen molar-refractivity contribution in [2.24, 2.45) is 5.41 Å². The molecule has 2 aliphatic heterocycles. The molecule has 3 nitrogen and oxygen atoms in total. The third-order valence-electron chi connectivity index (χ3n) is 7.03. The fraction of sp³-hybridized carbons (Fsp3) is 0.652. The number of rotatable bonds is 5. The molecule has 0 radical (unpaired) electrons. The standard InChI is InChI=1S/C23H34N2O/c1-2-11-23(18-26)12-4-13-25(17-23)21-9-14-24(15-10-21)22-8-7-19-5-3-6-20(19)16-22/h2,7-8,16,21,26H,1,3-6,9-15,17-18H2. The van der Waals surface area contributed by atoms with Gasteiger partial charge < -0.3 is 10.0 Å². The quantitative estimate of drug-likeness (QED) is 0.815. The van der Waals surface area contributed by atoms with Crippen molar-refractivity contribution < 1.29 is 5.11 Å². The van der Waals surface area contributed by atoms with Crippen LogP contribution in [0.2, 0.25) is 0 Å². The van der Waals surface area contributed by atoms with Crippen LogP contribution in [-0.4, -0.2) is 48.8 Å². The summed E-state index contributed by atoms with van der Waals surface area (Å²) in [6.07, 6.45) is 11.6. The molecule has 3 aliphatic rings. The largest absolute Gasteiger partial charge is 0.396 e. The van der Waals surface area contributed by atoms with Gasteiger partial charge in [0.05, 0.1) is 6.61 Å². The molecule has 2 fully saturated rings. The molecule has 1 N–H and O–H groups in total. The minimum Gasteiger partial charge on any atom is -0.396 e.